The molecule has 0 saturated heterocycles. The van der Waals surface area contributed by atoms with Crippen LogP contribution in [-0.2, 0) is 23.0 Å². The number of aryl methyl sites for hydroxylation is 1. The van der Waals surface area contributed by atoms with Crippen LogP contribution in [0.15, 0.2) is 101 Å². The summed E-state index contributed by atoms with van der Waals surface area (Å²) >= 11 is 1.44. The standard InChI is InChI=1S/C29H27N3O4S2/c1-3-21-12-17-26-27(19-21)37-29(30-26)31(20-24-11-8-18-36-24)28(33)22-13-15-25(16-14-22)38(34,35)32(4-2)23-9-6-5-7-10-23/h5-19H,3-4,20H2,1-2H3. The monoisotopic (exact) mass is 545 g/mol. The summed E-state index contributed by atoms with van der Waals surface area (Å²) in [6.07, 6.45) is 2.48. The van der Waals surface area contributed by atoms with Gasteiger partial charge in [0.15, 0.2) is 5.13 Å². The molecule has 0 bridgehead atoms. The summed E-state index contributed by atoms with van der Waals surface area (Å²) in [6, 6.07) is 24.7. The molecular weight excluding hydrogens is 518 g/mol. The van der Waals surface area contributed by atoms with Gasteiger partial charge in [0, 0.05) is 12.1 Å². The lowest BCUT2D eigenvalue weighted by Gasteiger charge is -2.23. The van der Waals surface area contributed by atoms with Crippen LogP contribution in [0.4, 0.5) is 10.8 Å². The number of furan rings is 1. The number of aromatic nitrogens is 1. The number of amides is 1. The van der Waals surface area contributed by atoms with Crippen molar-refractivity contribution in [2.45, 2.75) is 31.7 Å². The number of thiazole rings is 1. The summed E-state index contributed by atoms with van der Waals surface area (Å²) in [7, 11) is -3.80. The van der Waals surface area contributed by atoms with Gasteiger partial charge >= 0.3 is 0 Å². The van der Waals surface area contributed by atoms with Crippen LogP contribution < -0.4 is 9.21 Å². The normalized spacial score (nSPS) is 11.5. The molecule has 0 aliphatic carbocycles. The molecule has 2 aromatic heterocycles. The second-order valence-corrected chi connectivity index (χ2v) is 11.5. The molecule has 5 aromatic rings. The van der Waals surface area contributed by atoms with E-state index in [1.165, 1.54) is 33.3 Å². The maximum atomic E-state index is 13.7. The first-order valence-electron chi connectivity index (χ1n) is 12.3. The van der Waals surface area contributed by atoms with Gasteiger partial charge in [-0.15, -0.1) is 0 Å². The molecule has 0 fully saturated rings. The SMILES string of the molecule is CCc1ccc2nc(N(Cc3ccco3)C(=O)c3ccc(S(=O)(=O)N(CC)c4ccccc4)cc3)sc2c1. The lowest BCUT2D eigenvalue weighted by atomic mass is 10.2. The van der Waals surface area contributed by atoms with Crippen molar-refractivity contribution < 1.29 is 17.6 Å². The van der Waals surface area contributed by atoms with Gasteiger partial charge in [0.1, 0.15) is 5.76 Å². The Morgan fingerprint density at radius 3 is 2.37 bits per heavy atom. The first-order chi connectivity index (χ1) is 18.4. The minimum Gasteiger partial charge on any atom is -0.467 e. The van der Waals surface area contributed by atoms with Gasteiger partial charge in [0.2, 0.25) is 0 Å². The zero-order valence-corrected chi connectivity index (χ0v) is 22.7. The van der Waals surface area contributed by atoms with E-state index in [1.807, 2.05) is 18.2 Å². The number of rotatable bonds is 9. The molecule has 0 radical (unpaired) electrons. The second kappa shape index (κ2) is 10.8. The van der Waals surface area contributed by atoms with Crippen molar-refractivity contribution in [1.29, 1.82) is 0 Å². The summed E-state index contributed by atoms with van der Waals surface area (Å²) in [6.45, 7) is 4.36. The third kappa shape index (κ3) is 5.07. The molecule has 3 aromatic carbocycles. The van der Waals surface area contributed by atoms with Crippen molar-refractivity contribution >= 4 is 48.3 Å². The fourth-order valence-electron chi connectivity index (χ4n) is 4.22. The number of hydrogen-bond acceptors (Lipinski definition) is 6. The maximum absolute atomic E-state index is 13.7. The van der Waals surface area contributed by atoms with Gasteiger partial charge in [-0.05, 0) is 79.6 Å². The average molecular weight is 546 g/mol. The van der Waals surface area contributed by atoms with Crippen molar-refractivity contribution in [3.8, 4) is 0 Å². The average Bonchev–Trinajstić information content (AvgIpc) is 3.61. The molecule has 0 unspecified atom stereocenters. The van der Waals surface area contributed by atoms with Gasteiger partial charge in [-0.1, -0.05) is 42.5 Å². The Bertz CT molecular complexity index is 1650. The van der Waals surface area contributed by atoms with Crippen LogP contribution in [0.2, 0.25) is 0 Å². The molecule has 9 heteroatoms. The van der Waals surface area contributed by atoms with Gasteiger partial charge in [-0.2, -0.15) is 0 Å². The number of sulfonamides is 1. The van der Waals surface area contributed by atoms with E-state index in [9.17, 15) is 13.2 Å². The van der Waals surface area contributed by atoms with E-state index in [1.54, 1.807) is 66.6 Å². The van der Waals surface area contributed by atoms with Gasteiger partial charge < -0.3 is 4.42 Å². The maximum Gasteiger partial charge on any atom is 0.264 e. The summed E-state index contributed by atoms with van der Waals surface area (Å²) in [5, 5.41) is 0.549. The van der Waals surface area contributed by atoms with Gasteiger partial charge in [0.25, 0.3) is 15.9 Å². The molecule has 2 heterocycles. The first-order valence-corrected chi connectivity index (χ1v) is 14.6. The van der Waals surface area contributed by atoms with E-state index >= 15 is 0 Å². The molecule has 0 atom stereocenters. The lowest BCUT2D eigenvalue weighted by Crippen LogP contribution is -2.31. The quantitative estimate of drug-likeness (QED) is 0.211. The van der Waals surface area contributed by atoms with Crippen LogP contribution in [0.5, 0.6) is 0 Å². The number of hydrogen-bond donors (Lipinski definition) is 0. The number of para-hydroxylation sites is 1. The number of carbonyl (C=O) groups excluding carboxylic acids is 1. The van der Waals surface area contributed by atoms with E-state index < -0.39 is 10.0 Å². The van der Waals surface area contributed by atoms with Crippen LogP contribution >= 0.6 is 11.3 Å². The number of anilines is 2. The predicted molar refractivity (Wildman–Crippen MR) is 151 cm³/mol. The van der Waals surface area contributed by atoms with Crippen molar-refractivity contribution in [1.82, 2.24) is 4.98 Å². The van der Waals surface area contributed by atoms with Crippen molar-refractivity contribution in [3.05, 3.63) is 108 Å². The van der Waals surface area contributed by atoms with Gasteiger partial charge in [-0.25, -0.2) is 13.4 Å². The molecule has 0 N–H and O–H groups in total. The van der Waals surface area contributed by atoms with Crippen LogP contribution in [-0.4, -0.2) is 25.9 Å². The number of nitrogens with zero attached hydrogens (tertiary/aromatic N) is 3. The largest absolute Gasteiger partial charge is 0.467 e. The summed E-state index contributed by atoms with van der Waals surface area (Å²) in [4.78, 5) is 20.1. The zero-order chi connectivity index (χ0) is 26.7. The Morgan fingerprint density at radius 1 is 0.947 bits per heavy atom. The molecule has 0 aliphatic heterocycles. The number of fused-ring (bicyclic) bond motifs is 1. The van der Waals surface area contributed by atoms with E-state index in [-0.39, 0.29) is 23.9 Å². The molecule has 0 saturated carbocycles. The summed E-state index contributed by atoms with van der Waals surface area (Å²) < 4.78 is 34.6. The fraction of sp³-hybridized carbons (Fsp3) is 0.172. The zero-order valence-electron chi connectivity index (χ0n) is 21.1. The Kier molecular flexibility index (Phi) is 7.31. The molecule has 194 valence electrons. The minimum atomic E-state index is -3.80. The van der Waals surface area contributed by atoms with Crippen molar-refractivity contribution in [3.63, 3.8) is 0 Å². The molecule has 7 nitrogen and oxygen atoms in total. The van der Waals surface area contributed by atoms with Crippen LogP contribution in [0.25, 0.3) is 10.2 Å². The predicted octanol–water partition coefficient (Wildman–Crippen LogP) is 6.51. The molecule has 0 aliphatic rings. The van der Waals surface area contributed by atoms with Crippen molar-refractivity contribution in [2.75, 3.05) is 15.7 Å². The molecule has 38 heavy (non-hydrogen) atoms. The van der Waals surface area contributed by atoms with E-state index in [2.05, 4.69) is 13.0 Å². The van der Waals surface area contributed by atoms with E-state index in [4.69, 9.17) is 9.40 Å². The number of carbonyl (C=O) groups is 1. The van der Waals surface area contributed by atoms with Gasteiger partial charge in [-0.3, -0.25) is 14.0 Å². The Hall–Kier alpha value is -3.95. The molecular formula is C29H27N3O4S2. The lowest BCUT2D eigenvalue weighted by molar-refractivity contribution is 0.0983. The van der Waals surface area contributed by atoms with Crippen LogP contribution in [0.1, 0.15) is 35.5 Å². The highest BCUT2D eigenvalue weighted by molar-refractivity contribution is 7.92. The second-order valence-electron chi connectivity index (χ2n) is 8.65. The molecule has 5 rings (SSSR count). The van der Waals surface area contributed by atoms with Crippen LogP contribution in [0.3, 0.4) is 0 Å². The first kappa shape index (κ1) is 25.7. The van der Waals surface area contributed by atoms with Crippen LogP contribution in [0, 0.1) is 0 Å². The number of benzene rings is 3. The highest BCUT2D eigenvalue weighted by atomic mass is 32.2. The Balaban J connectivity index is 1.47. The topological polar surface area (TPSA) is 83.7 Å². The third-order valence-corrected chi connectivity index (χ3v) is 9.20. The van der Waals surface area contributed by atoms with Gasteiger partial charge in [0.05, 0.1) is 33.6 Å². The summed E-state index contributed by atoms with van der Waals surface area (Å²) in [5.41, 5.74) is 2.96. The van der Waals surface area contributed by atoms with E-state index in [0.717, 1.165) is 16.6 Å². The highest BCUT2D eigenvalue weighted by Gasteiger charge is 2.26. The molecule has 1 amide bonds. The smallest absolute Gasteiger partial charge is 0.264 e. The third-order valence-electron chi connectivity index (χ3n) is 6.24. The van der Waals surface area contributed by atoms with Crippen molar-refractivity contribution in [2.24, 2.45) is 0 Å². The molecule has 0 spiro atoms. The van der Waals surface area contributed by atoms with E-state index in [0.29, 0.717) is 22.1 Å². The minimum absolute atomic E-state index is 0.115. The highest BCUT2D eigenvalue weighted by Crippen LogP contribution is 2.32. The Morgan fingerprint density at radius 2 is 1.71 bits per heavy atom. The Labute approximate surface area is 226 Å². The fourth-order valence-corrected chi connectivity index (χ4v) is 6.72. The summed E-state index contributed by atoms with van der Waals surface area (Å²) in [5.74, 6) is 0.322.